The summed E-state index contributed by atoms with van der Waals surface area (Å²) in [7, 11) is 0. The van der Waals surface area contributed by atoms with Crippen molar-refractivity contribution in [2.45, 2.75) is 40.8 Å². The first-order valence-electron chi connectivity index (χ1n) is 11.3. The third-order valence-electron chi connectivity index (χ3n) is 5.65. The standard InChI is InChI=1S/C25H29FN6O/c1-5-31(6-2)15-18-8-10-19(11-9-18)16-32-23(20-12-21(26)14-27-13-20)29-22-17(4)28-25(33-7-3)30-24(22)32/h8-14H,5-7,15-16H2,1-4H3. The van der Waals surface area contributed by atoms with E-state index in [1.807, 2.05) is 18.4 Å². The molecule has 0 aliphatic carbocycles. The van der Waals surface area contributed by atoms with Crippen LogP contribution in [0.3, 0.4) is 0 Å². The number of pyridine rings is 1. The molecule has 3 aromatic heterocycles. The minimum absolute atomic E-state index is 0.308. The first-order valence-corrected chi connectivity index (χ1v) is 11.3. The van der Waals surface area contributed by atoms with Crippen molar-refractivity contribution in [2.75, 3.05) is 19.7 Å². The van der Waals surface area contributed by atoms with E-state index in [4.69, 9.17) is 9.72 Å². The van der Waals surface area contributed by atoms with Gasteiger partial charge in [0.05, 0.1) is 25.0 Å². The Morgan fingerprint density at radius 3 is 2.36 bits per heavy atom. The van der Waals surface area contributed by atoms with Crippen molar-refractivity contribution in [1.29, 1.82) is 0 Å². The smallest absolute Gasteiger partial charge is 0.318 e. The Balaban J connectivity index is 1.76. The summed E-state index contributed by atoms with van der Waals surface area (Å²) >= 11 is 0. The van der Waals surface area contributed by atoms with Crippen molar-refractivity contribution in [3.63, 3.8) is 0 Å². The van der Waals surface area contributed by atoms with E-state index >= 15 is 0 Å². The number of aryl methyl sites for hydroxylation is 1. The van der Waals surface area contributed by atoms with Gasteiger partial charge in [0.1, 0.15) is 17.2 Å². The van der Waals surface area contributed by atoms with Gasteiger partial charge in [0.25, 0.3) is 0 Å². The predicted molar refractivity (Wildman–Crippen MR) is 127 cm³/mol. The number of benzene rings is 1. The molecule has 0 saturated carbocycles. The van der Waals surface area contributed by atoms with E-state index in [0.717, 1.165) is 25.2 Å². The molecule has 8 heteroatoms. The van der Waals surface area contributed by atoms with Gasteiger partial charge < -0.3 is 9.30 Å². The van der Waals surface area contributed by atoms with E-state index in [9.17, 15) is 4.39 Å². The molecule has 1 aromatic carbocycles. The van der Waals surface area contributed by atoms with Crippen molar-refractivity contribution >= 4 is 11.2 Å². The molecule has 0 amide bonds. The van der Waals surface area contributed by atoms with Gasteiger partial charge in [-0.15, -0.1) is 0 Å². The van der Waals surface area contributed by atoms with Crippen molar-refractivity contribution < 1.29 is 9.13 Å². The quantitative estimate of drug-likeness (QED) is 0.372. The fourth-order valence-electron chi connectivity index (χ4n) is 3.85. The summed E-state index contributed by atoms with van der Waals surface area (Å²) in [5.74, 6) is 0.180. The lowest BCUT2D eigenvalue weighted by Gasteiger charge is -2.18. The fraction of sp³-hybridized carbons (Fsp3) is 0.360. The summed E-state index contributed by atoms with van der Waals surface area (Å²) in [4.78, 5) is 20.2. The number of imidazole rings is 1. The van der Waals surface area contributed by atoms with Gasteiger partial charge in [-0.2, -0.15) is 9.97 Å². The molecule has 0 bridgehead atoms. The van der Waals surface area contributed by atoms with Crippen molar-refractivity contribution in [1.82, 2.24) is 29.4 Å². The van der Waals surface area contributed by atoms with Crippen LogP contribution in [-0.2, 0) is 13.1 Å². The zero-order valence-electron chi connectivity index (χ0n) is 19.5. The Hall–Kier alpha value is -3.39. The highest BCUT2D eigenvalue weighted by molar-refractivity contribution is 5.79. The SMILES string of the molecule is CCOc1nc(C)c2nc(-c3cncc(F)c3)n(Cc3ccc(CN(CC)CC)cc3)c2n1. The number of halogens is 1. The highest BCUT2D eigenvalue weighted by Crippen LogP contribution is 2.27. The zero-order valence-corrected chi connectivity index (χ0v) is 19.5. The maximum atomic E-state index is 14.0. The molecule has 0 unspecified atom stereocenters. The second kappa shape index (κ2) is 10.0. The molecule has 0 atom stereocenters. The van der Waals surface area contributed by atoms with E-state index in [1.165, 1.54) is 17.8 Å². The lowest BCUT2D eigenvalue weighted by molar-refractivity contribution is 0.296. The van der Waals surface area contributed by atoms with E-state index in [1.54, 1.807) is 6.20 Å². The molecule has 0 N–H and O–H groups in total. The van der Waals surface area contributed by atoms with E-state index < -0.39 is 5.82 Å². The van der Waals surface area contributed by atoms with E-state index in [0.29, 0.717) is 47.4 Å². The first-order chi connectivity index (χ1) is 16.0. The molecule has 0 aliphatic heterocycles. The van der Waals surface area contributed by atoms with Gasteiger partial charge in [0.15, 0.2) is 5.65 Å². The average molecular weight is 449 g/mol. The van der Waals surface area contributed by atoms with Crippen LogP contribution in [0.15, 0.2) is 42.7 Å². The summed E-state index contributed by atoms with van der Waals surface area (Å²) in [5, 5.41) is 0. The number of nitrogens with zero attached hydrogens (tertiary/aromatic N) is 6. The summed E-state index contributed by atoms with van der Waals surface area (Å²) < 4.78 is 21.5. The van der Waals surface area contributed by atoms with E-state index in [2.05, 4.69) is 58.0 Å². The predicted octanol–water partition coefficient (Wildman–Crippen LogP) is 4.62. The minimum Gasteiger partial charge on any atom is -0.464 e. The molecule has 0 radical (unpaired) electrons. The largest absolute Gasteiger partial charge is 0.464 e. The summed E-state index contributed by atoms with van der Waals surface area (Å²) in [6, 6.07) is 10.3. The molecule has 0 aliphatic rings. The van der Waals surface area contributed by atoms with Crippen LogP contribution in [0.1, 0.15) is 37.6 Å². The maximum absolute atomic E-state index is 14.0. The van der Waals surface area contributed by atoms with Crippen LogP contribution in [0.4, 0.5) is 4.39 Å². The number of fused-ring (bicyclic) bond motifs is 1. The second-order valence-corrected chi connectivity index (χ2v) is 7.89. The monoisotopic (exact) mass is 448 g/mol. The Labute approximate surface area is 193 Å². The normalized spacial score (nSPS) is 11.5. The molecular weight excluding hydrogens is 419 g/mol. The summed E-state index contributed by atoms with van der Waals surface area (Å²) in [5.41, 5.74) is 4.97. The molecule has 33 heavy (non-hydrogen) atoms. The van der Waals surface area contributed by atoms with Gasteiger partial charge >= 0.3 is 6.01 Å². The average Bonchev–Trinajstić information content (AvgIpc) is 3.17. The lowest BCUT2D eigenvalue weighted by atomic mass is 10.1. The van der Waals surface area contributed by atoms with Gasteiger partial charge in [0.2, 0.25) is 0 Å². The van der Waals surface area contributed by atoms with Crippen LogP contribution < -0.4 is 4.74 Å². The van der Waals surface area contributed by atoms with Crippen LogP contribution >= 0.6 is 0 Å². The van der Waals surface area contributed by atoms with Crippen molar-refractivity contribution in [2.24, 2.45) is 0 Å². The Morgan fingerprint density at radius 1 is 0.970 bits per heavy atom. The number of ether oxygens (including phenoxy) is 1. The molecule has 3 heterocycles. The number of hydrogen-bond acceptors (Lipinski definition) is 6. The lowest BCUT2D eigenvalue weighted by Crippen LogP contribution is -2.22. The molecule has 4 aromatic rings. The Morgan fingerprint density at radius 2 is 1.70 bits per heavy atom. The van der Waals surface area contributed by atoms with Gasteiger partial charge in [0, 0.05) is 18.3 Å². The number of hydrogen-bond donors (Lipinski definition) is 0. The molecule has 0 fully saturated rings. The van der Waals surface area contributed by atoms with Crippen LogP contribution in [0.2, 0.25) is 0 Å². The number of aromatic nitrogens is 5. The molecule has 0 spiro atoms. The zero-order chi connectivity index (χ0) is 23.4. The third kappa shape index (κ3) is 5.01. The Kier molecular flexibility index (Phi) is 6.93. The van der Waals surface area contributed by atoms with Gasteiger partial charge in [-0.3, -0.25) is 9.88 Å². The Bertz CT molecular complexity index is 1230. The molecule has 4 rings (SSSR count). The summed E-state index contributed by atoms with van der Waals surface area (Å²) in [6.45, 7) is 12.1. The summed E-state index contributed by atoms with van der Waals surface area (Å²) in [6.07, 6.45) is 2.80. The van der Waals surface area contributed by atoms with Gasteiger partial charge in [-0.25, -0.2) is 9.37 Å². The van der Waals surface area contributed by atoms with Crippen molar-refractivity contribution in [3.05, 3.63) is 65.4 Å². The topological polar surface area (TPSA) is 69.0 Å². The maximum Gasteiger partial charge on any atom is 0.318 e. The molecule has 0 saturated heterocycles. The number of rotatable bonds is 9. The van der Waals surface area contributed by atoms with Crippen LogP contribution in [0, 0.1) is 12.7 Å². The van der Waals surface area contributed by atoms with Crippen LogP contribution in [0.25, 0.3) is 22.6 Å². The minimum atomic E-state index is -0.412. The highest BCUT2D eigenvalue weighted by Gasteiger charge is 2.19. The third-order valence-corrected chi connectivity index (χ3v) is 5.65. The fourth-order valence-corrected chi connectivity index (χ4v) is 3.85. The van der Waals surface area contributed by atoms with Gasteiger partial charge in [-0.1, -0.05) is 38.1 Å². The van der Waals surface area contributed by atoms with Crippen molar-refractivity contribution in [3.8, 4) is 17.4 Å². The van der Waals surface area contributed by atoms with Crippen LogP contribution in [0.5, 0.6) is 6.01 Å². The molecule has 172 valence electrons. The highest BCUT2D eigenvalue weighted by atomic mass is 19.1. The van der Waals surface area contributed by atoms with Gasteiger partial charge in [-0.05, 0) is 44.1 Å². The second-order valence-electron chi connectivity index (χ2n) is 7.89. The van der Waals surface area contributed by atoms with Crippen LogP contribution in [-0.4, -0.2) is 49.1 Å². The van der Waals surface area contributed by atoms with E-state index in [-0.39, 0.29) is 0 Å². The molecule has 7 nitrogen and oxygen atoms in total. The first kappa shape index (κ1) is 22.8. The molecular formula is C25H29FN6O.